The molecule has 1 fully saturated rings. The van der Waals surface area contributed by atoms with Crippen LogP contribution in [0, 0.1) is 0 Å². The molecule has 8 N–H and O–H groups in total. The standard InChI is InChI=1S/C26H29NO10/c1-3-26(35)7-10-16(14(8-26)37-15-6-11(27)21(30)9(2)36-15)23(32)20-19(22(10)31)24(33)17-12(28)4-5-13(29)18(17)25(20)34/h4-5,9,11,14-15,21,28-32,35H,3,6-8,27H2,1-2H3. The number of aromatic hydroxyl groups is 4. The van der Waals surface area contributed by atoms with E-state index in [9.17, 15) is 40.2 Å². The molecule has 11 heteroatoms. The average molecular weight is 516 g/mol. The molecule has 0 saturated carbocycles. The molecule has 6 atom stereocenters. The maximum atomic E-state index is 13.4. The highest BCUT2D eigenvalue weighted by Crippen LogP contribution is 2.53. The zero-order valence-corrected chi connectivity index (χ0v) is 20.3. The van der Waals surface area contributed by atoms with Gasteiger partial charge in [-0.25, -0.2) is 0 Å². The zero-order chi connectivity index (χ0) is 27.0. The second kappa shape index (κ2) is 8.67. The number of benzene rings is 2. The molecule has 3 aliphatic rings. The fourth-order valence-corrected chi connectivity index (χ4v) is 5.64. The minimum Gasteiger partial charge on any atom is -0.507 e. The molecule has 1 saturated heterocycles. The van der Waals surface area contributed by atoms with Crippen LogP contribution in [-0.2, 0) is 15.9 Å². The van der Waals surface area contributed by atoms with Crippen LogP contribution >= 0.6 is 0 Å². The van der Waals surface area contributed by atoms with Crippen LogP contribution in [0.3, 0.4) is 0 Å². The number of aliphatic hydroxyl groups excluding tert-OH is 1. The topological polar surface area (TPSA) is 200 Å². The minimum absolute atomic E-state index is 0.00886. The summed E-state index contributed by atoms with van der Waals surface area (Å²) in [4.78, 5) is 26.8. The van der Waals surface area contributed by atoms with Gasteiger partial charge in [-0.05, 0) is 25.5 Å². The van der Waals surface area contributed by atoms with E-state index in [0.29, 0.717) is 0 Å². The Labute approximate surface area is 211 Å². The van der Waals surface area contributed by atoms with Crippen LogP contribution in [0.1, 0.15) is 82.2 Å². The van der Waals surface area contributed by atoms with E-state index in [0.717, 1.165) is 12.1 Å². The van der Waals surface area contributed by atoms with E-state index in [-0.39, 0.29) is 36.8 Å². The molecule has 6 unspecified atom stereocenters. The SMILES string of the molecule is CCC1(O)Cc2c(O)c3c(c(O)c2C(OC2CC(N)C(O)C(C)O2)C1)C(=O)c1c(O)ccc(O)c1C3=O. The van der Waals surface area contributed by atoms with E-state index >= 15 is 0 Å². The number of rotatable bonds is 3. The Morgan fingerprint density at radius 1 is 1.03 bits per heavy atom. The van der Waals surface area contributed by atoms with Crippen molar-refractivity contribution in [2.45, 2.75) is 75.8 Å². The summed E-state index contributed by atoms with van der Waals surface area (Å²) in [6.45, 7) is 3.36. The molecule has 0 spiro atoms. The lowest BCUT2D eigenvalue weighted by molar-refractivity contribution is -0.247. The Morgan fingerprint density at radius 3 is 2.14 bits per heavy atom. The molecule has 0 aromatic heterocycles. The number of carbonyl (C=O) groups is 2. The van der Waals surface area contributed by atoms with Gasteiger partial charge in [0.15, 0.2) is 6.29 Å². The van der Waals surface area contributed by atoms with Gasteiger partial charge < -0.3 is 45.8 Å². The number of hydrogen-bond donors (Lipinski definition) is 7. The van der Waals surface area contributed by atoms with Crippen LogP contribution < -0.4 is 5.73 Å². The molecule has 0 amide bonds. The quantitative estimate of drug-likeness (QED) is 0.248. The number of aliphatic hydroxyl groups is 2. The molecule has 1 heterocycles. The van der Waals surface area contributed by atoms with Crippen LogP contribution in [-0.4, -0.2) is 72.3 Å². The molecule has 5 rings (SSSR count). The van der Waals surface area contributed by atoms with Gasteiger partial charge in [-0.15, -0.1) is 0 Å². The van der Waals surface area contributed by atoms with Crippen molar-refractivity contribution >= 4 is 11.6 Å². The number of phenolic OH excluding ortho intramolecular Hbond substituents is 4. The molecule has 2 aromatic rings. The second-order valence-corrected chi connectivity index (χ2v) is 10.1. The average Bonchev–Trinajstić information content (AvgIpc) is 2.84. The highest BCUT2D eigenvalue weighted by Gasteiger charge is 2.47. The highest BCUT2D eigenvalue weighted by atomic mass is 16.7. The summed E-state index contributed by atoms with van der Waals surface area (Å²) in [5, 5.41) is 64.6. The highest BCUT2D eigenvalue weighted by molar-refractivity contribution is 6.32. The summed E-state index contributed by atoms with van der Waals surface area (Å²) >= 11 is 0. The van der Waals surface area contributed by atoms with Crippen molar-refractivity contribution in [3.05, 3.63) is 45.5 Å². The Kier molecular flexibility index (Phi) is 5.96. The predicted molar refractivity (Wildman–Crippen MR) is 127 cm³/mol. The van der Waals surface area contributed by atoms with Crippen LogP contribution in [0.25, 0.3) is 0 Å². The number of ether oxygens (including phenoxy) is 2. The van der Waals surface area contributed by atoms with Gasteiger partial charge in [0.2, 0.25) is 11.6 Å². The lowest BCUT2D eigenvalue weighted by Crippen LogP contribution is -2.52. The lowest BCUT2D eigenvalue weighted by Gasteiger charge is -2.42. The monoisotopic (exact) mass is 515 g/mol. The summed E-state index contributed by atoms with van der Waals surface area (Å²) in [7, 11) is 0. The third kappa shape index (κ3) is 3.77. The Morgan fingerprint density at radius 2 is 1.59 bits per heavy atom. The third-order valence-corrected chi connectivity index (χ3v) is 7.78. The Hall–Kier alpha value is -3.22. The molecule has 0 bridgehead atoms. The summed E-state index contributed by atoms with van der Waals surface area (Å²) in [5.74, 6) is -4.32. The van der Waals surface area contributed by atoms with Gasteiger partial charge in [0.25, 0.3) is 0 Å². The molecule has 11 nitrogen and oxygen atoms in total. The van der Waals surface area contributed by atoms with Crippen molar-refractivity contribution in [2.75, 3.05) is 0 Å². The summed E-state index contributed by atoms with van der Waals surface area (Å²) in [6.07, 6.45) is -3.40. The van der Waals surface area contributed by atoms with Gasteiger partial charge in [0.1, 0.15) is 23.0 Å². The molecule has 2 aliphatic carbocycles. The van der Waals surface area contributed by atoms with Crippen molar-refractivity contribution in [3.8, 4) is 23.0 Å². The van der Waals surface area contributed by atoms with Crippen molar-refractivity contribution in [1.82, 2.24) is 0 Å². The zero-order valence-electron chi connectivity index (χ0n) is 20.3. The third-order valence-electron chi connectivity index (χ3n) is 7.78. The van der Waals surface area contributed by atoms with Crippen LogP contribution in [0.4, 0.5) is 0 Å². The van der Waals surface area contributed by atoms with E-state index in [4.69, 9.17) is 15.2 Å². The lowest BCUT2D eigenvalue weighted by atomic mass is 9.72. The minimum atomic E-state index is -1.39. The van der Waals surface area contributed by atoms with Crippen LogP contribution in [0.15, 0.2) is 12.1 Å². The van der Waals surface area contributed by atoms with Crippen molar-refractivity contribution in [3.63, 3.8) is 0 Å². The molecular weight excluding hydrogens is 486 g/mol. The number of nitrogens with two attached hydrogens (primary N) is 1. The largest absolute Gasteiger partial charge is 0.507 e. The van der Waals surface area contributed by atoms with Gasteiger partial charge in [-0.2, -0.15) is 0 Å². The first kappa shape index (κ1) is 25.4. The van der Waals surface area contributed by atoms with Gasteiger partial charge in [0, 0.05) is 36.4 Å². The predicted octanol–water partition coefficient (Wildman–Crippen LogP) is 1.25. The Bertz CT molecular complexity index is 1310. The maximum Gasteiger partial charge on any atom is 0.202 e. The Balaban J connectivity index is 1.67. The smallest absolute Gasteiger partial charge is 0.202 e. The summed E-state index contributed by atoms with van der Waals surface area (Å²) in [6, 6.07) is 1.44. The molecule has 37 heavy (non-hydrogen) atoms. The van der Waals surface area contributed by atoms with Gasteiger partial charge in [-0.3, -0.25) is 9.59 Å². The summed E-state index contributed by atoms with van der Waals surface area (Å²) < 4.78 is 11.8. The fraction of sp³-hybridized carbons (Fsp3) is 0.462. The van der Waals surface area contributed by atoms with Crippen LogP contribution in [0.5, 0.6) is 23.0 Å². The number of phenols is 4. The molecular formula is C26H29NO10. The van der Waals surface area contributed by atoms with E-state index in [1.54, 1.807) is 13.8 Å². The van der Waals surface area contributed by atoms with Crippen LogP contribution in [0.2, 0.25) is 0 Å². The first-order valence-electron chi connectivity index (χ1n) is 12.1. The van der Waals surface area contributed by atoms with Gasteiger partial charge >= 0.3 is 0 Å². The number of hydrogen-bond acceptors (Lipinski definition) is 11. The van der Waals surface area contributed by atoms with E-state index in [2.05, 4.69) is 0 Å². The first-order chi connectivity index (χ1) is 17.4. The number of ketones is 2. The van der Waals surface area contributed by atoms with Crippen molar-refractivity contribution in [2.24, 2.45) is 5.73 Å². The first-order valence-corrected chi connectivity index (χ1v) is 12.1. The molecule has 1 aliphatic heterocycles. The maximum absolute atomic E-state index is 13.4. The van der Waals surface area contributed by atoms with Crippen molar-refractivity contribution < 1.29 is 49.7 Å². The number of carbonyl (C=O) groups excluding carboxylic acids is 2. The molecule has 2 aromatic carbocycles. The van der Waals surface area contributed by atoms with E-state index in [1.807, 2.05) is 0 Å². The second-order valence-electron chi connectivity index (χ2n) is 10.1. The van der Waals surface area contributed by atoms with E-state index < -0.39 is 93.1 Å². The number of fused-ring (bicyclic) bond motifs is 3. The summed E-state index contributed by atoms with van der Waals surface area (Å²) in [5.41, 5.74) is 2.62. The van der Waals surface area contributed by atoms with E-state index in [1.165, 1.54) is 0 Å². The normalized spacial score (nSPS) is 31.0. The van der Waals surface area contributed by atoms with Crippen molar-refractivity contribution in [1.29, 1.82) is 0 Å². The van der Waals surface area contributed by atoms with Gasteiger partial charge in [0.05, 0.1) is 46.2 Å². The molecule has 0 radical (unpaired) electrons. The van der Waals surface area contributed by atoms with Gasteiger partial charge in [-0.1, -0.05) is 6.92 Å². The molecule has 198 valence electrons. The fourth-order valence-electron chi connectivity index (χ4n) is 5.64.